The molecule has 0 saturated carbocycles. The first kappa shape index (κ1) is 15.2. The first-order valence-electron chi connectivity index (χ1n) is 6.01. The van der Waals surface area contributed by atoms with Gasteiger partial charge in [0.1, 0.15) is 0 Å². The molecule has 0 atom stereocenters. The second-order valence-corrected chi connectivity index (χ2v) is 8.06. The average molecular weight is 403 g/mol. The molecule has 1 heterocycles. The van der Waals surface area contributed by atoms with Gasteiger partial charge in [0.05, 0.1) is 5.69 Å². The maximum Gasteiger partial charge on any atom is 0.283 e. The number of nitrogens with zero attached hydrogens (tertiary/aromatic N) is 2. The highest BCUT2D eigenvalue weighted by Crippen LogP contribution is 2.36. The van der Waals surface area contributed by atoms with Crippen molar-refractivity contribution in [2.24, 2.45) is 11.0 Å². The summed E-state index contributed by atoms with van der Waals surface area (Å²) in [7, 11) is 0. The molecule has 1 aromatic carbocycles. The highest BCUT2D eigenvalue weighted by atomic mass is 79.9. The lowest BCUT2D eigenvalue weighted by molar-refractivity contribution is -0.122. The van der Waals surface area contributed by atoms with E-state index < -0.39 is 3.23 Å². The molecule has 0 spiro atoms. The van der Waals surface area contributed by atoms with Crippen molar-refractivity contribution >= 4 is 55.2 Å². The molecule has 7 heteroatoms. The topological polar surface area (TPSA) is 61.8 Å². The zero-order chi connectivity index (χ0) is 14.9. The van der Waals surface area contributed by atoms with Gasteiger partial charge in [-0.05, 0) is 12.1 Å². The minimum absolute atomic E-state index is 0.199. The number of amidine groups is 1. The second-order valence-electron chi connectivity index (χ2n) is 4.62. The lowest BCUT2D eigenvalue weighted by Gasteiger charge is -2.16. The molecule has 1 aliphatic rings. The number of para-hydroxylation sites is 1. The predicted molar refractivity (Wildman–Crippen MR) is 84.9 cm³/mol. The molecule has 1 aromatic rings. The normalized spacial score (nSPS) is 17.4. The Morgan fingerprint density at radius 2 is 1.90 bits per heavy atom. The number of hydrogen-bond donors (Lipinski definition) is 1. The number of benzene rings is 1. The lowest BCUT2D eigenvalue weighted by Crippen LogP contribution is -2.44. The summed E-state index contributed by atoms with van der Waals surface area (Å²) in [6, 6.07) is 9.01. The van der Waals surface area contributed by atoms with Gasteiger partial charge in [0.15, 0.2) is 5.84 Å². The van der Waals surface area contributed by atoms with Crippen LogP contribution in [0.4, 0.5) is 5.69 Å². The zero-order valence-electron chi connectivity index (χ0n) is 10.9. The molecule has 0 aromatic heterocycles. The summed E-state index contributed by atoms with van der Waals surface area (Å²) in [6.07, 6.45) is 0. The van der Waals surface area contributed by atoms with Crippen LogP contribution in [0.5, 0.6) is 0 Å². The Bertz CT molecular complexity index is 570. The smallest absolute Gasteiger partial charge is 0.283 e. The lowest BCUT2D eigenvalue weighted by atomic mass is 10.2. The summed E-state index contributed by atoms with van der Waals surface area (Å²) < 4.78 is -1.21. The number of anilines is 1. The highest BCUT2D eigenvalue weighted by Gasteiger charge is 2.49. The fourth-order valence-corrected chi connectivity index (χ4v) is 2.24. The van der Waals surface area contributed by atoms with Gasteiger partial charge in [0.2, 0.25) is 9.14 Å². The van der Waals surface area contributed by atoms with Gasteiger partial charge in [-0.2, -0.15) is 5.01 Å². The molecule has 5 nitrogen and oxygen atoms in total. The molecule has 20 heavy (non-hydrogen) atoms. The summed E-state index contributed by atoms with van der Waals surface area (Å²) in [5.41, 5.74) is 0.634. The van der Waals surface area contributed by atoms with Crippen LogP contribution in [0.25, 0.3) is 0 Å². The summed E-state index contributed by atoms with van der Waals surface area (Å²) in [5, 5.41) is 8.09. The predicted octanol–water partition coefficient (Wildman–Crippen LogP) is 2.61. The van der Waals surface area contributed by atoms with E-state index in [1.54, 1.807) is 26.0 Å². The van der Waals surface area contributed by atoms with Crippen LogP contribution in [-0.2, 0) is 9.59 Å². The maximum atomic E-state index is 12.4. The van der Waals surface area contributed by atoms with E-state index in [0.29, 0.717) is 5.69 Å². The minimum atomic E-state index is -1.21. The van der Waals surface area contributed by atoms with Crippen LogP contribution < -0.4 is 10.3 Å². The zero-order valence-corrected chi connectivity index (χ0v) is 14.1. The molecular formula is C13H13Br2N3O2. The van der Waals surface area contributed by atoms with Crippen molar-refractivity contribution in [1.29, 1.82) is 0 Å². The van der Waals surface area contributed by atoms with Crippen LogP contribution in [0, 0.1) is 5.92 Å². The molecule has 1 N–H and O–H groups in total. The number of rotatable bonds is 2. The van der Waals surface area contributed by atoms with E-state index in [9.17, 15) is 9.59 Å². The van der Waals surface area contributed by atoms with E-state index in [2.05, 4.69) is 42.3 Å². The van der Waals surface area contributed by atoms with Gasteiger partial charge in [-0.3, -0.25) is 9.59 Å². The first-order chi connectivity index (χ1) is 9.34. The molecular weight excluding hydrogens is 390 g/mol. The van der Waals surface area contributed by atoms with E-state index in [1.807, 2.05) is 18.2 Å². The standard InChI is InChI=1S/C13H13Br2N3O2/c1-8(2)10(19)16-11-13(14,15)12(20)18(17-11)9-6-4-3-5-7-9/h3-8H,1-2H3,(H,16,17,19). The third kappa shape index (κ3) is 2.78. The van der Waals surface area contributed by atoms with Crippen LogP contribution in [-0.4, -0.2) is 20.9 Å². The van der Waals surface area contributed by atoms with Crippen LogP contribution >= 0.6 is 31.9 Å². The van der Waals surface area contributed by atoms with Crippen molar-refractivity contribution in [3.63, 3.8) is 0 Å². The SMILES string of the molecule is CC(C)C(=O)NC1=NN(c2ccccc2)C(=O)C1(Br)Br. The van der Waals surface area contributed by atoms with Crippen LogP contribution in [0.2, 0.25) is 0 Å². The van der Waals surface area contributed by atoms with Crippen molar-refractivity contribution in [2.75, 3.05) is 5.01 Å². The number of nitrogens with one attached hydrogen (secondary N) is 1. The van der Waals surface area contributed by atoms with Crippen LogP contribution in [0.1, 0.15) is 13.8 Å². The monoisotopic (exact) mass is 401 g/mol. The highest BCUT2D eigenvalue weighted by molar-refractivity contribution is 9.26. The summed E-state index contributed by atoms with van der Waals surface area (Å²) >= 11 is 6.54. The Hall–Kier alpha value is -1.21. The van der Waals surface area contributed by atoms with Gasteiger partial charge in [-0.25, -0.2) is 0 Å². The number of amides is 2. The van der Waals surface area contributed by atoms with Crippen molar-refractivity contribution in [3.05, 3.63) is 30.3 Å². The second kappa shape index (κ2) is 5.65. The third-order valence-corrected chi connectivity index (χ3v) is 4.15. The molecule has 0 fully saturated rings. The molecule has 2 amide bonds. The molecule has 0 radical (unpaired) electrons. The number of hydrogen-bond acceptors (Lipinski definition) is 3. The fraction of sp³-hybridized carbons (Fsp3) is 0.308. The molecule has 106 valence electrons. The molecule has 0 saturated heterocycles. The van der Waals surface area contributed by atoms with E-state index in [4.69, 9.17) is 0 Å². The Labute approximate surface area is 133 Å². The van der Waals surface area contributed by atoms with Gasteiger partial charge >= 0.3 is 0 Å². The van der Waals surface area contributed by atoms with Crippen molar-refractivity contribution in [2.45, 2.75) is 17.1 Å². The summed E-state index contributed by atoms with van der Waals surface area (Å²) in [6.45, 7) is 3.54. The Morgan fingerprint density at radius 1 is 1.30 bits per heavy atom. The van der Waals surface area contributed by atoms with E-state index in [0.717, 1.165) is 0 Å². The van der Waals surface area contributed by atoms with E-state index >= 15 is 0 Å². The van der Waals surface area contributed by atoms with Crippen molar-refractivity contribution in [1.82, 2.24) is 5.32 Å². The maximum absolute atomic E-state index is 12.4. The molecule has 0 unspecified atom stereocenters. The number of carbonyl (C=O) groups excluding carboxylic acids is 2. The van der Waals surface area contributed by atoms with E-state index in [1.165, 1.54) is 5.01 Å². The summed E-state index contributed by atoms with van der Waals surface area (Å²) in [5.74, 6) is -0.489. The molecule has 0 bridgehead atoms. The van der Waals surface area contributed by atoms with Crippen LogP contribution in [0.15, 0.2) is 35.4 Å². The molecule has 1 aliphatic heterocycles. The van der Waals surface area contributed by atoms with Crippen LogP contribution in [0.3, 0.4) is 0 Å². The van der Waals surface area contributed by atoms with Crippen molar-refractivity contribution in [3.8, 4) is 0 Å². The van der Waals surface area contributed by atoms with Crippen molar-refractivity contribution < 1.29 is 9.59 Å². The Morgan fingerprint density at radius 3 is 2.45 bits per heavy atom. The van der Waals surface area contributed by atoms with Gasteiger partial charge in [0.25, 0.3) is 5.91 Å². The quantitative estimate of drug-likeness (QED) is 0.773. The van der Waals surface area contributed by atoms with Gasteiger partial charge in [0, 0.05) is 5.92 Å². The Balaban J connectivity index is 2.31. The molecule has 0 aliphatic carbocycles. The number of hydrazone groups is 1. The molecule has 2 rings (SSSR count). The Kier molecular flexibility index (Phi) is 4.29. The van der Waals surface area contributed by atoms with E-state index in [-0.39, 0.29) is 23.6 Å². The summed E-state index contributed by atoms with van der Waals surface area (Å²) in [4.78, 5) is 24.1. The third-order valence-electron chi connectivity index (χ3n) is 2.73. The minimum Gasteiger partial charge on any atom is -0.310 e. The first-order valence-corrected chi connectivity index (χ1v) is 7.60. The van der Waals surface area contributed by atoms with Gasteiger partial charge in [-0.15, -0.1) is 5.10 Å². The average Bonchev–Trinajstić information content (AvgIpc) is 2.63. The van der Waals surface area contributed by atoms with Gasteiger partial charge < -0.3 is 5.32 Å². The number of halogens is 2. The fourth-order valence-electron chi connectivity index (χ4n) is 1.55. The number of alkyl halides is 2. The van der Waals surface area contributed by atoms with Gasteiger partial charge in [-0.1, -0.05) is 63.9 Å². The largest absolute Gasteiger partial charge is 0.310 e. The number of carbonyl (C=O) groups is 2.